The van der Waals surface area contributed by atoms with Crippen molar-refractivity contribution < 1.29 is 23.5 Å². The predicted molar refractivity (Wildman–Crippen MR) is 103 cm³/mol. The van der Waals surface area contributed by atoms with Gasteiger partial charge in [-0.15, -0.1) is 0 Å². The zero-order valence-electron chi connectivity index (χ0n) is 16.3. The number of carbonyl (C=O) groups excluding carboxylic acids is 1. The fraction of sp³-hybridized carbons (Fsp3) is 0.524. The Kier molecular flexibility index (Phi) is 4.89. The molecule has 0 bridgehead atoms. The van der Waals surface area contributed by atoms with Crippen molar-refractivity contribution in [3.8, 4) is 11.5 Å². The molecule has 0 spiro atoms. The van der Waals surface area contributed by atoms with Crippen molar-refractivity contribution in [1.29, 1.82) is 0 Å². The lowest BCUT2D eigenvalue weighted by molar-refractivity contribution is -0.0755. The van der Waals surface area contributed by atoms with Gasteiger partial charge in [0.05, 0.1) is 24.4 Å². The number of ether oxygens (including phenoxy) is 3. The summed E-state index contributed by atoms with van der Waals surface area (Å²) < 4.78 is 21.7. The monoisotopic (exact) mass is 399 g/mol. The van der Waals surface area contributed by atoms with Gasteiger partial charge in [0.15, 0.2) is 11.5 Å². The van der Waals surface area contributed by atoms with Gasteiger partial charge in [-0.05, 0) is 37.0 Å². The van der Waals surface area contributed by atoms with Gasteiger partial charge in [-0.25, -0.2) is 0 Å². The van der Waals surface area contributed by atoms with Crippen LogP contribution in [0.25, 0.3) is 0 Å². The van der Waals surface area contributed by atoms with Crippen LogP contribution in [-0.2, 0) is 17.7 Å². The van der Waals surface area contributed by atoms with E-state index in [1.54, 1.807) is 6.07 Å². The summed E-state index contributed by atoms with van der Waals surface area (Å²) in [5.74, 6) is 1.83. The minimum Gasteiger partial charge on any atom is -0.454 e. The van der Waals surface area contributed by atoms with Gasteiger partial charge in [-0.1, -0.05) is 11.2 Å². The summed E-state index contributed by atoms with van der Waals surface area (Å²) >= 11 is 0. The minimum atomic E-state index is -0.210. The van der Waals surface area contributed by atoms with Crippen LogP contribution in [0.15, 0.2) is 28.8 Å². The van der Waals surface area contributed by atoms with Crippen LogP contribution >= 0.6 is 0 Å². The summed E-state index contributed by atoms with van der Waals surface area (Å²) in [6.45, 7) is 3.74. The standard InChI is InChI=1S/C21H25N3O5/c25-20(24-6-2-1-3-7-24)19-9-16(23-29-19)10-21(12-26-13-21)22-11-15-4-5-17-18(8-15)28-14-27-17/h4-5,8-9,22H,1-3,6-7,10-14H2. The van der Waals surface area contributed by atoms with E-state index >= 15 is 0 Å². The fourth-order valence-corrected chi connectivity index (χ4v) is 4.05. The first-order valence-corrected chi connectivity index (χ1v) is 10.2. The molecule has 5 rings (SSSR count). The van der Waals surface area contributed by atoms with E-state index in [-0.39, 0.29) is 18.2 Å². The molecular weight excluding hydrogens is 374 g/mol. The van der Waals surface area contributed by atoms with Crippen molar-refractivity contribution in [2.24, 2.45) is 0 Å². The van der Waals surface area contributed by atoms with Crippen molar-refractivity contribution in [1.82, 2.24) is 15.4 Å². The first kappa shape index (κ1) is 18.4. The van der Waals surface area contributed by atoms with Crippen LogP contribution in [0.5, 0.6) is 11.5 Å². The van der Waals surface area contributed by atoms with E-state index in [4.69, 9.17) is 18.7 Å². The van der Waals surface area contributed by atoms with E-state index in [2.05, 4.69) is 10.5 Å². The summed E-state index contributed by atoms with van der Waals surface area (Å²) in [6, 6.07) is 7.73. The highest BCUT2D eigenvalue weighted by atomic mass is 16.7. The predicted octanol–water partition coefficient (Wildman–Crippen LogP) is 2.13. The van der Waals surface area contributed by atoms with Crippen LogP contribution in [0, 0.1) is 0 Å². The Morgan fingerprint density at radius 1 is 1.10 bits per heavy atom. The SMILES string of the molecule is O=C(c1cc(CC2(NCc3ccc4c(c3)OCO4)COC2)no1)N1CCCCC1. The van der Waals surface area contributed by atoms with E-state index in [9.17, 15) is 4.79 Å². The Morgan fingerprint density at radius 3 is 2.72 bits per heavy atom. The Labute approximate surface area is 169 Å². The number of benzene rings is 1. The Morgan fingerprint density at radius 2 is 1.93 bits per heavy atom. The first-order valence-electron chi connectivity index (χ1n) is 10.2. The number of carbonyl (C=O) groups is 1. The number of nitrogens with zero attached hydrogens (tertiary/aromatic N) is 2. The quantitative estimate of drug-likeness (QED) is 0.796. The van der Waals surface area contributed by atoms with Crippen LogP contribution in [0.4, 0.5) is 0 Å². The molecular formula is C21H25N3O5. The van der Waals surface area contributed by atoms with E-state index in [1.807, 2.05) is 23.1 Å². The third kappa shape index (κ3) is 3.82. The van der Waals surface area contributed by atoms with Crippen LogP contribution in [0.1, 0.15) is 41.1 Å². The highest BCUT2D eigenvalue weighted by Crippen LogP contribution is 2.33. The average molecular weight is 399 g/mol. The zero-order valence-corrected chi connectivity index (χ0v) is 16.3. The first-order chi connectivity index (χ1) is 14.2. The maximum Gasteiger partial charge on any atom is 0.292 e. The van der Waals surface area contributed by atoms with Crippen molar-refractivity contribution in [2.75, 3.05) is 33.1 Å². The lowest BCUT2D eigenvalue weighted by Crippen LogP contribution is -2.61. The topological polar surface area (TPSA) is 86.1 Å². The molecule has 2 saturated heterocycles. The summed E-state index contributed by atoms with van der Waals surface area (Å²) in [5, 5.41) is 7.74. The number of hydrogen-bond acceptors (Lipinski definition) is 7. The second-order valence-electron chi connectivity index (χ2n) is 8.03. The number of hydrogen-bond donors (Lipinski definition) is 1. The normalized spacial score (nSPS) is 19.8. The minimum absolute atomic E-state index is 0.0596. The van der Waals surface area contributed by atoms with Crippen LogP contribution in [0.2, 0.25) is 0 Å². The van der Waals surface area contributed by atoms with Gasteiger partial charge >= 0.3 is 0 Å². The largest absolute Gasteiger partial charge is 0.454 e. The van der Waals surface area contributed by atoms with Gasteiger partial charge in [0.1, 0.15) is 0 Å². The number of likely N-dealkylation sites (tertiary alicyclic amines) is 1. The molecule has 8 heteroatoms. The van der Waals surface area contributed by atoms with E-state index in [1.165, 1.54) is 6.42 Å². The summed E-state index contributed by atoms with van der Waals surface area (Å²) in [7, 11) is 0. The highest BCUT2D eigenvalue weighted by molar-refractivity contribution is 5.91. The molecule has 8 nitrogen and oxygen atoms in total. The number of fused-ring (bicyclic) bond motifs is 1. The van der Waals surface area contributed by atoms with Crippen molar-refractivity contribution >= 4 is 5.91 Å². The molecule has 154 valence electrons. The number of aromatic nitrogens is 1. The summed E-state index contributed by atoms with van der Waals surface area (Å²) in [4.78, 5) is 14.5. The molecule has 1 aromatic carbocycles. The number of amides is 1. The van der Waals surface area contributed by atoms with Gasteiger partial charge in [0.25, 0.3) is 5.91 Å². The fourth-order valence-electron chi connectivity index (χ4n) is 4.05. The lowest BCUT2D eigenvalue weighted by atomic mass is 9.90. The second kappa shape index (κ2) is 7.68. The van der Waals surface area contributed by atoms with Crippen LogP contribution in [-0.4, -0.2) is 54.6 Å². The zero-order chi connectivity index (χ0) is 19.7. The highest BCUT2D eigenvalue weighted by Gasteiger charge is 2.39. The van der Waals surface area contributed by atoms with Crippen molar-refractivity contribution in [3.63, 3.8) is 0 Å². The Hall–Kier alpha value is -2.58. The molecule has 0 radical (unpaired) electrons. The molecule has 2 fully saturated rings. The average Bonchev–Trinajstić information content (AvgIpc) is 3.39. The van der Waals surface area contributed by atoms with Gasteiger partial charge in [-0.2, -0.15) is 0 Å². The second-order valence-corrected chi connectivity index (χ2v) is 8.03. The van der Waals surface area contributed by atoms with Crippen molar-refractivity contribution in [3.05, 3.63) is 41.3 Å². The molecule has 0 atom stereocenters. The van der Waals surface area contributed by atoms with E-state index in [0.717, 1.165) is 48.7 Å². The molecule has 3 aliphatic heterocycles. The lowest BCUT2D eigenvalue weighted by Gasteiger charge is -2.42. The number of nitrogens with one attached hydrogen (secondary N) is 1. The van der Waals surface area contributed by atoms with E-state index in [0.29, 0.717) is 31.9 Å². The maximum absolute atomic E-state index is 12.6. The van der Waals surface area contributed by atoms with Gasteiger partial charge in [0.2, 0.25) is 12.6 Å². The third-order valence-corrected chi connectivity index (χ3v) is 5.79. The molecule has 1 aromatic heterocycles. The molecule has 29 heavy (non-hydrogen) atoms. The van der Waals surface area contributed by atoms with Gasteiger partial charge in [-0.3, -0.25) is 4.79 Å². The Balaban J connectivity index is 1.22. The molecule has 3 aliphatic rings. The van der Waals surface area contributed by atoms with Gasteiger partial charge < -0.3 is 29.0 Å². The molecule has 4 heterocycles. The summed E-state index contributed by atoms with van der Waals surface area (Å²) in [6.07, 6.45) is 3.94. The molecule has 0 aliphatic carbocycles. The molecule has 2 aromatic rings. The maximum atomic E-state index is 12.6. The van der Waals surface area contributed by atoms with Crippen molar-refractivity contribution in [2.45, 2.75) is 37.8 Å². The molecule has 1 N–H and O–H groups in total. The van der Waals surface area contributed by atoms with E-state index < -0.39 is 0 Å². The smallest absolute Gasteiger partial charge is 0.292 e. The van der Waals surface area contributed by atoms with Crippen LogP contribution < -0.4 is 14.8 Å². The van der Waals surface area contributed by atoms with Gasteiger partial charge in [0, 0.05) is 32.1 Å². The van der Waals surface area contributed by atoms with Crippen LogP contribution in [0.3, 0.4) is 0 Å². The third-order valence-electron chi connectivity index (χ3n) is 5.79. The molecule has 0 saturated carbocycles. The number of piperidine rings is 1. The summed E-state index contributed by atoms with van der Waals surface area (Å²) in [5.41, 5.74) is 1.67. The number of rotatable bonds is 6. The Bertz CT molecular complexity index is 886. The molecule has 0 unspecified atom stereocenters. The molecule has 1 amide bonds.